The molecule has 6 heteroatoms. The minimum Gasteiger partial charge on any atom is -0.348 e. The van der Waals surface area contributed by atoms with Gasteiger partial charge in [0.25, 0.3) is 5.91 Å². The second-order valence-corrected chi connectivity index (χ2v) is 6.21. The lowest BCUT2D eigenvalue weighted by atomic mass is 10.2. The highest BCUT2D eigenvalue weighted by molar-refractivity contribution is 6.31. The molecule has 4 rings (SSSR count). The highest BCUT2D eigenvalue weighted by atomic mass is 35.5. The molecule has 0 spiro atoms. The molecule has 0 radical (unpaired) electrons. The van der Waals surface area contributed by atoms with Crippen LogP contribution >= 0.6 is 11.6 Å². The molecule has 2 aromatic carbocycles. The van der Waals surface area contributed by atoms with Gasteiger partial charge in [-0.1, -0.05) is 60.1 Å². The number of halogens is 1. The molecule has 1 N–H and O–H groups in total. The van der Waals surface area contributed by atoms with Crippen molar-refractivity contribution in [1.29, 1.82) is 0 Å². The van der Waals surface area contributed by atoms with Crippen LogP contribution < -0.4 is 5.32 Å². The van der Waals surface area contributed by atoms with Gasteiger partial charge in [-0.05, 0) is 23.8 Å². The number of amides is 1. The summed E-state index contributed by atoms with van der Waals surface area (Å²) in [7, 11) is 0. The average Bonchev–Trinajstić information content (AvgIpc) is 3.11. The fraction of sp³-hybridized carbons (Fsp3) is 0.0500. The summed E-state index contributed by atoms with van der Waals surface area (Å²) in [5.41, 5.74) is 2.99. The normalized spacial score (nSPS) is 10.8. The van der Waals surface area contributed by atoms with Gasteiger partial charge in [-0.25, -0.2) is 0 Å². The van der Waals surface area contributed by atoms with E-state index in [2.05, 4.69) is 15.5 Å². The summed E-state index contributed by atoms with van der Waals surface area (Å²) in [5, 5.41) is 11.9. The molecule has 4 aromatic rings. The van der Waals surface area contributed by atoms with Crippen molar-refractivity contribution in [1.82, 2.24) is 19.9 Å². The highest BCUT2D eigenvalue weighted by Crippen LogP contribution is 2.19. The Morgan fingerprint density at radius 2 is 1.77 bits per heavy atom. The maximum atomic E-state index is 12.4. The number of aromatic nitrogens is 3. The van der Waals surface area contributed by atoms with Gasteiger partial charge >= 0.3 is 0 Å². The van der Waals surface area contributed by atoms with Crippen LogP contribution in [0.4, 0.5) is 0 Å². The monoisotopic (exact) mass is 362 g/mol. The lowest BCUT2D eigenvalue weighted by Crippen LogP contribution is -2.23. The Morgan fingerprint density at radius 3 is 2.58 bits per heavy atom. The second kappa shape index (κ2) is 6.98. The van der Waals surface area contributed by atoms with E-state index in [0.29, 0.717) is 22.8 Å². The third-order valence-electron chi connectivity index (χ3n) is 4.10. The largest absolute Gasteiger partial charge is 0.348 e. The molecule has 1 amide bonds. The van der Waals surface area contributed by atoms with E-state index >= 15 is 0 Å². The number of nitrogens with zero attached hydrogens (tertiary/aromatic N) is 3. The maximum Gasteiger partial charge on any atom is 0.251 e. The maximum absolute atomic E-state index is 12.4. The zero-order valence-electron chi connectivity index (χ0n) is 13.8. The van der Waals surface area contributed by atoms with Crippen LogP contribution in [-0.2, 0) is 6.54 Å². The first-order chi connectivity index (χ1) is 12.7. The molecule has 0 unspecified atom stereocenters. The molecule has 0 saturated heterocycles. The number of benzene rings is 2. The lowest BCUT2D eigenvalue weighted by molar-refractivity contribution is 0.0951. The van der Waals surface area contributed by atoms with Gasteiger partial charge in [0, 0.05) is 28.9 Å². The number of hydrogen-bond donors (Lipinski definition) is 1. The van der Waals surface area contributed by atoms with Gasteiger partial charge < -0.3 is 5.32 Å². The average molecular weight is 363 g/mol. The van der Waals surface area contributed by atoms with Crippen LogP contribution in [0.5, 0.6) is 0 Å². The van der Waals surface area contributed by atoms with Gasteiger partial charge in [0.1, 0.15) is 0 Å². The van der Waals surface area contributed by atoms with Crippen LogP contribution in [-0.4, -0.2) is 20.5 Å². The molecule has 0 bridgehead atoms. The molecule has 0 aliphatic heterocycles. The van der Waals surface area contributed by atoms with Crippen LogP contribution in [0.15, 0.2) is 72.9 Å². The number of carbonyl (C=O) groups is 1. The molecular weight excluding hydrogens is 348 g/mol. The minimum absolute atomic E-state index is 0.184. The molecule has 26 heavy (non-hydrogen) atoms. The van der Waals surface area contributed by atoms with Crippen LogP contribution in [0.3, 0.4) is 0 Å². The van der Waals surface area contributed by atoms with Crippen molar-refractivity contribution in [2.24, 2.45) is 0 Å². The van der Waals surface area contributed by atoms with Gasteiger partial charge in [0.15, 0.2) is 11.5 Å². The van der Waals surface area contributed by atoms with Crippen molar-refractivity contribution < 1.29 is 4.79 Å². The summed E-state index contributed by atoms with van der Waals surface area (Å²) in [4.78, 5) is 12.4. The van der Waals surface area contributed by atoms with Crippen molar-refractivity contribution >= 4 is 23.2 Å². The Bertz CT molecular complexity index is 1080. The number of hydrogen-bond acceptors (Lipinski definition) is 3. The Kier molecular flexibility index (Phi) is 4.37. The van der Waals surface area contributed by atoms with E-state index in [-0.39, 0.29) is 5.91 Å². The SMILES string of the molecule is O=C(NCc1ccccc1Cl)c1ccn2c(-c3ccccc3)nnc2c1. The van der Waals surface area contributed by atoms with Crippen LogP contribution in [0.2, 0.25) is 5.02 Å². The predicted octanol–water partition coefficient (Wildman–Crippen LogP) is 3.98. The molecule has 5 nitrogen and oxygen atoms in total. The molecule has 2 heterocycles. The van der Waals surface area contributed by atoms with Crippen molar-refractivity contribution in [2.75, 3.05) is 0 Å². The van der Waals surface area contributed by atoms with Gasteiger partial charge in [-0.15, -0.1) is 10.2 Å². The molecule has 128 valence electrons. The van der Waals surface area contributed by atoms with Crippen LogP contribution in [0, 0.1) is 0 Å². The summed E-state index contributed by atoms with van der Waals surface area (Å²) < 4.78 is 1.86. The molecule has 0 atom stereocenters. The summed E-state index contributed by atoms with van der Waals surface area (Å²) in [6.45, 7) is 0.367. The molecular formula is C20H15ClN4O. The fourth-order valence-corrected chi connectivity index (χ4v) is 2.94. The van der Waals surface area contributed by atoms with E-state index in [1.54, 1.807) is 18.2 Å². The summed E-state index contributed by atoms with van der Waals surface area (Å²) >= 11 is 6.12. The molecule has 0 aliphatic rings. The Hall–Kier alpha value is -3.18. The first-order valence-corrected chi connectivity index (χ1v) is 8.52. The lowest BCUT2D eigenvalue weighted by Gasteiger charge is -2.07. The van der Waals surface area contributed by atoms with Crippen LogP contribution in [0.1, 0.15) is 15.9 Å². The first kappa shape index (κ1) is 16.3. The van der Waals surface area contributed by atoms with Gasteiger partial charge in [0.2, 0.25) is 0 Å². The standard InChI is InChI=1S/C20H15ClN4O/c21-17-9-5-4-8-16(17)13-22-20(26)15-10-11-25-18(12-15)23-24-19(25)14-6-2-1-3-7-14/h1-12H,13H2,(H,22,26). The van der Waals surface area contributed by atoms with Crippen LogP contribution in [0.25, 0.3) is 17.0 Å². The summed E-state index contributed by atoms with van der Waals surface area (Å²) in [5.74, 6) is 0.556. The smallest absolute Gasteiger partial charge is 0.251 e. The predicted molar refractivity (Wildman–Crippen MR) is 101 cm³/mol. The number of pyridine rings is 1. The van der Waals surface area contributed by atoms with E-state index in [0.717, 1.165) is 17.0 Å². The number of fused-ring (bicyclic) bond motifs is 1. The van der Waals surface area contributed by atoms with Gasteiger partial charge in [-0.2, -0.15) is 0 Å². The zero-order chi connectivity index (χ0) is 17.9. The van der Waals surface area contributed by atoms with Gasteiger partial charge in [-0.3, -0.25) is 9.20 Å². The van der Waals surface area contributed by atoms with E-state index in [1.165, 1.54) is 0 Å². The highest BCUT2D eigenvalue weighted by Gasteiger charge is 2.12. The summed E-state index contributed by atoms with van der Waals surface area (Å²) in [6, 6.07) is 20.7. The van der Waals surface area contributed by atoms with E-state index in [4.69, 9.17) is 11.6 Å². The Morgan fingerprint density at radius 1 is 1.00 bits per heavy atom. The van der Waals surface area contributed by atoms with Crippen molar-refractivity contribution in [3.05, 3.63) is 89.1 Å². The van der Waals surface area contributed by atoms with Gasteiger partial charge in [0.05, 0.1) is 0 Å². The minimum atomic E-state index is -0.184. The Labute approximate surface area is 155 Å². The first-order valence-electron chi connectivity index (χ1n) is 8.14. The second-order valence-electron chi connectivity index (χ2n) is 5.81. The summed E-state index contributed by atoms with van der Waals surface area (Å²) in [6.07, 6.45) is 1.81. The number of nitrogens with one attached hydrogen (secondary N) is 1. The molecule has 0 saturated carbocycles. The number of carbonyl (C=O) groups excluding carboxylic acids is 1. The topological polar surface area (TPSA) is 59.3 Å². The van der Waals surface area contributed by atoms with Crippen molar-refractivity contribution in [2.45, 2.75) is 6.54 Å². The molecule has 2 aromatic heterocycles. The molecule has 0 aliphatic carbocycles. The van der Waals surface area contributed by atoms with E-state index in [9.17, 15) is 4.79 Å². The third kappa shape index (κ3) is 3.17. The number of rotatable bonds is 4. The Balaban J connectivity index is 1.56. The molecule has 0 fully saturated rings. The van der Waals surface area contributed by atoms with Crippen molar-refractivity contribution in [3.63, 3.8) is 0 Å². The van der Waals surface area contributed by atoms with E-state index in [1.807, 2.05) is 59.1 Å². The third-order valence-corrected chi connectivity index (χ3v) is 4.47. The fourth-order valence-electron chi connectivity index (χ4n) is 2.74. The zero-order valence-corrected chi connectivity index (χ0v) is 14.5. The van der Waals surface area contributed by atoms with Crippen molar-refractivity contribution in [3.8, 4) is 11.4 Å². The van der Waals surface area contributed by atoms with E-state index < -0.39 is 0 Å². The quantitative estimate of drug-likeness (QED) is 0.597.